The quantitative estimate of drug-likeness (QED) is 0.716. The molecular weight excluding hydrogens is 363 g/mol. The molecule has 1 amide bonds. The molecule has 1 aromatic heterocycles. The molecule has 142 valence electrons. The average molecular weight is 385 g/mol. The molecule has 0 unspecified atom stereocenters. The van der Waals surface area contributed by atoms with Crippen molar-refractivity contribution in [3.8, 4) is 0 Å². The number of carbonyl (C=O) groups is 1. The van der Waals surface area contributed by atoms with Gasteiger partial charge in [0.1, 0.15) is 0 Å². The number of alkyl halides is 3. The van der Waals surface area contributed by atoms with Crippen LogP contribution in [0.3, 0.4) is 0 Å². The Labute approximate surface area is 155 Å². The highest BCUT2D eigenvalue weighted by Crippen LogP contribution is 2.40. The van der Waals surface area contributed by atoms with Gasteiger partial charge in [-0.2, -0.15) is 18.3 Å². The number of benzene rings is 1. The van der Waals surface area contributed by atoms with Crippen molar-refractivity contribution in [3.05, 3.63) is 41.2 Å². The molecule has 0 atom stereocenters. The Hall–Kier alpha value is -1.96. The van der Waals surface area contributed by atoms with E-state index in [9.17, 15) is 18.0 Å². The number of aryl methyl sites for hydroxylation is 1. The monoisotopic (exact) mass is 385 g/mol. The summed E-state index contributed by atoms with van der Waals surface area (Å²) >= 11 is -0.238. The van der Waals surface area contributed by atoms with Gasteiger partial charge in [0.2, 0.25) is 5.91 Å². The second-order valence-corrected chi connectivity index (χ2v) is 7.60. The van der Waals surface area contributed by atoms with E-state index in [1.165, 1.54) is 18.2 Å². The van der Waals surface area contributed by atoms with Crippen molar-refractivity contribution in [3.63, 3.8) is 0 Å². The van der Waals surface area contributed by atoms with Gasteiger partial charge >= 0.3 is 5.51 Å². The Morgan fingerprint density at radius 3 is 2.54 bits per heavy atom. The van der Waals surface area contributed by atoms with Crippen LogP contribution < -0.4 is 5.32 Å². The Kier molecular flexibility index (Phi) is 6.39. The summed E-state index contributed by atoms with van der Waals surface area (Å²) < 4.78 is 39.8. The second kappa shape index (κ2) is 8.16. The molecular formula is C18H22F3N3OS. The average Bonchev–Trinajstić information content (AvgIpc) is 2.75. The van der Waals surface area contributed by atoms with Crippen LogP contribution in [0.15, 0.2) is 29.2 Å². The molecule has 0 bridgehead atoms. The number of aromatic nitrogens is 2. The molecule has 0 radical (unpaired) electrons. The van der Waals surface area contributed by atoms with Crippen LogP contribution >= 0.6 is 11.8 Å². The number of hydrogen-bond acceptors (Lipinski definition) is 3. The fraction of sp³-hybridized carbons (Fsp3) is 0.444. The summed E-state index contributed by atoms with van der Waals surface area (Å²) in [6.45, 7) is 8.65. The predicted molar refractivity (Wildman–Crippen MR) is 97.2 cm³/mol. The molecule has 1 aromatic carbocycles. The van der Waals surface area contributed by atoms with Gasteiger partial charge < -0.3 is 5.32 Å². The van der Waals surface area contributed by atoms with Gasteiger partial charge in [-0.3, -0.25) is 9.48 Å². The van der Waals surface area contributed by atoms with Gasteiger partial charge in [-0.05, 0) is 43.7 Å². The molecule has 2 aromatic rings. The normalized spacial score (nSPS) is 11.8. The predicted octanol–water partition coefficient (Wildman–Crippen LogP) is 4.95. The van der Waals surface area contributed by atoms with E-state index in [4.69, 9.17) is 0 Å². The van der Waals surface area contributed by atoms with Gasteiger partial charge in [0.15, 0.2) is 0 Å². The molecule has 0 aliphatic rings. The number of para-hydroxylation sites is 1. The number of anilines is 1. The lowest BCUT2D eigenvalue weighted by atomic mass is 10.1. The van der Waals surface area contributed by atoms with Gasteiger partial charge in [0.25, 0.3) is 0 Å². The van der Waals surface area contributed by atoms with Crippen molar-refractivity contribution in [2.24, 2.45) is 5.92 Å². The van der Waals surface area contributed by atoms with E-state index in [0.29, 0.717) is 5.92 Å². The van der Waals surface area contributed by atoms with Gasteiger partial charge in [0.05, 0.1) is 17.8 Å². The van der Waals surface area contributed by atoms with E-state index >= 15 is 0 Å². The number of halogens is 3. The number of carbonyl (C=O) groups excluding carboxylic acids is 1. The maximum atomic E-state index is 12.7. The van der Waals surface area contributed by atoms with Crippen LogP contribution in [0.1, 0.15) is 30.8 Å². The Bertz CT molecular complexity index is 784. The fourth-order valence-corrected chi connectivity index (χ4v) is 3.28. The molecule has 1 heterocycles. The van der Waals surface area contributed by atoms with Crippen molar-refractivity contribution in [1.29, 1.82) is 0 Å². The summed E-state index contributed by atoms with van der Waals surface area (Å²) in [7, 11) is 0. The first-order valence-corrected chi connectivity index (χ1v) is 9.06. The van der Waals surface area contributed by atoms with Gasteiger partial charge in [-0.1, -0.05) is 26.0 Å². The molecule has 1 N–H and O–H groups in total. The maximum Gasteiger partial charge on any atom is 0.446 e. The standard InChI is InChI=1S/C18H22F3N3OS/c1-11(2)10-24-13(4)14(12(3)23-24)9-17(25)22-15-7-5-6-8-16(15)26-18(19,20)21/h5-8,11H,9-10H2,1-4H3,(H,22,25). The van der Waals surface area contributed by atoms with Gasteiger partial charge in [-0.25, -0.2) is 0 Å². The lowest BCUT2D eigenvalue weighted by molar-refractivity contribution is -0.115. The van der Waals surface area contributed by atoms with Crippen molar-refractivity contribution >= 4 is 23.4 Å². The molecule has 26 heavy (non-hydrogen) atoms. The summed E-state index contributed by atoms with van der Waals surface area (Å²) in [4.78, 5) is 12.4. The molecule has 2 rings (SSSR count). The molecule has 0 saturated carbocycles. The minimum Gasteiger partial charge on any atom is -0.325 e. The van der Waals surface area contributed by atoms with E-state index < -0.39 is 5.51 Å². The van der Waals surface area contributed by atoms with E-state index in [1.807, 2.05) is 18.5 Å². The van der Waals surface area contributed by atoms with Crippen LogP contribution in [0, 0.1) is 19.8 Å². The van der Waals surface area contributed by atoms with Crippen molar-refractivity contribution in [2.45, 2.75) is 51.1 Å². The first-order valence-electron chi connectivity index (χ1n) is 8.24. The number of thioether (sulfide) groups is 1. The zero-order valence-corrected chi connectivity index (χ0v) is 16.0. The first-order chi connectivity index (χ1) is 12.1. The number of nitrogens with one attached hydrogen (secondary N) is 1. The summed E-state index contributed by atoms with van der Waals surface area (Å²) in [6.07, 6.45) is 0.0702. The number of rotatable bonds is 6. The van der Waals surface area contributed by atoms with E-state index in [0.717, 1.165) is 23.5 Å². The molecule has 0 aliphatic carbocycles. The van der Waals surface area contributed by atoms with Crippen molar-refractivity contribution < 1.29 is 18.0 Å². The molecule has 0 fully saturated rings. The van der Waals surface area contributed by atoms with Crippen molar-refractivity contribution in [2.75, 3.05) is 5.32 Å². The van der Waals surface area contributed by atoms with E-state index in [2.05, 4.69) is 24.3 Å². The number of hydrogen-bond donors (Lipinski definition) is 1. The third-order valence-corrected chi connectivity index (χ3v) is 4.60. The lowest BCUT2D eigenvalue weighted by Gasteiger charge is -2.12. The van der Waals surface area contributed by atoms with Crippen LogP contribution in [0.5, 0.6) is 0 Å². The maximum absolute atomic E-state index is 12.7. The Morgan fingerprint density at radius 1 is 1.27 bits per heavy atom. The highest BCUT2D eigenvalue weighted by atomic mass is 32.2. The van der Waals surface area contributed by atoms with Crippen LogP contribution in [0.25, 0.3) is 0 Å². The zero-order chi connectivity index (χ0) is 19.5. The minimum absolute atomic E-state index is 0.0303. The SMILES string of the molecule is Cc1nn(CC(C)C)c(C)c1CC(=O)Nc1ccccc1SC(F)(F)F. The summed E-state index contributed by atoms with van der Waals surface area (Å²) in [5, 5.41) is 7.05. The zero-order valence-electron chi connectivity index (χ0n) is 15.1. The van der Waals surface area contributed by atoms with Crippen LogP contribution in [-0.2, 0) is 17.8 Å². The molecule has 0 spiro atoms. The smallest absolute Gasteiger partial charge is 0.325 e. The fourth-order valence-electron chi connectivity index (χ4n) is 2.65. The highest BCUT2D eigenvalue weighted by Gasteiger charge is 2.30. The molecule has 4 nitrogen and oxygen atoms in total. The van der Waals surface area contributed by atoms with Crippen molar-refractivity contribution in [1.82, 2.24) is 9.78 Å². The second-order valence-electron chi connectivity index (χ2n) is 6.49. The first kappa shape index (κ1) is 20.4. The lowest BCUT2D eigenvalue weighted by Crippen LogP contribution is -2.16. The molecule has 0 saturated heterocycles. The summed E-state index contributed by atoms with van der Waals surface area (Å²) in [5.74, 6) is 0.0523. The minimum atomic E-state index is -4.41. The van der Waals surface area contributed by atoms with E-state index in [-0.39, 0.29) is 34.7 Å². The highest BCUT2D eigenvalue weighted by molar-refractivity contribution is 8.00. The third kappa shape index (κ3) is 5.52. The largest absolute Gasteiger partial charge is 0.446 e. The van der Waals surface area contributed by atoms with Gasteiger partial charge in [-0.15, -0.1) is 0 Å². The number of amides is 1. The summed E-state index contributed by atoms with van der Waals surface area (Å²) in [6, 6.07) is 5.90. The van der Waals surface area contributed by atoms with Gasteiger partial charge in [0, 0.05) is 22.7 Å². The Morgan fingerprint density at radius 2 is 1.92 bits per heavy atom. The Balaban J connectivity index is 2.14. The van der Waals surface area contributed by atoms with E-state index in [1.54, 1.807) is 6.07 Å². The van der Waals surface area contributed by atoms with Crippen LogP contribution in [0.2, 0.25) is 0 Å². The molecule has 8 heteroatoms. The summed E-state index contributed by atoms with van der Waals surface area (Å²) in [5.41, 5.74) is -1.78. The van der Waals surface area contributed by atoms with Crippen LogP contribution in [0.4, 0.5) is 18.9 Å². The van der Waals surface area contributed by atoms with Crippen LogP contribution in [-0.4, -0.2) is 21.2 Å². The molecule has 0 aliphatic heterocycles. The third-order valence-electron chi connectivity index (χ3n) is 3.79. The number of nitrogens with zero attached hydrogens (tertiary/aromatic N) is 2. The topological polar surface area (TPSA) is 46.9 Å².